The fourth-order valence-electron chi connectivity index (χ4n) is 2.98. The predicted molar refractivity (Wildman–Crippen MR) is 100 cm³/mol. The maximum absolute atomic E-state index is 12.4. The number of methoxy groups -OCH3 is 1. The fraction of sp³-hybridized carbons (Fsp3) is 0.316. The number of carbonyl (C=O) groups is 2. The molecule has 2 aromatic rings. The van der Waals surface area contributed by atoms with Gasteiger partial charge in [-0.15, -0.1) is 0 Å². The highest BCUT2D eigenvalue weighted by atomic mass is 35.5. The molecule has 1 aromatic heterocycles. The molecular formula is C19H20ClN3O3. The molecule has 26 heavy (non-hydrogen) atoms. The number of ether oxygens (including phenoxy) is 1. The monoisotopic (exact) mass is 373 g/mol. The quantitative estimate of drug-likeness (QED) is 0.776. The number of pyridine rings is 1. The number of amides is 1. The van der Waals surface area contributed by atoms with Gasteiger partial charge >= 0.3 is 5.97 Å². The van der Waals surface area contributed by atoms with Crippen molar-refractivity contribution in [2.45, 2.75) is 31.7 Å². The summed E-state index contributed by atoms with van der Waals surface area (Å²) in [6, 6.07) is 8.35. The first kappa shape index (κ1) is 18.2. The summed E-state index contributed by atoms with van der Waals surface area (Å²) in [5.41, 5.74) is 1.40. The molecule has 0 aliphatic heterocycles. The molecule has 6 nitrogen and oxygen atoms in total. The van der Waals surface area contributed by atoms with Gasteiger partial charge in [0.1, 0.15) is 5.82 Å². The number of carbonyl (C=O) groups excluding carboxylic acids is 2. The minimum Gasteiger partial charge on any atom is -0.465 e. The van der Waals surface area contributed by atoms with Crippen LogP contribution in [0, 0.1) is 0 Å². The number of aromatic nitrogens is 1. The van der Waals surface area contributed by atoms with Gasteiger partial charge in [-0.1, -0.05) is 24.4 Å². The van der Waals surface area contributed by atoms with Gasteiger partial charge in [0.2, 0.25) is 0 Å². The fourth-order valence-corrected chi connectivity index (χ4v) is 3.15. The second-order valence-electron chi connectivity index (χ2n) is 6.20. The van der Waals surface area contributed by atoms with Crippen LogP contribution in [0.15, 0.2) is 36.5 Å². The number of benzene rings is 1. The Morgan fingerprint density at radius 3 is 2.65 bits per heavy atom. The highest BCUT2D eigenvalue weighted by Gasteiger charge is 2.18. The highest BCUT2D eigenvalue weighted by Crippen LogP contribution is 2.26. The largest absolute Gasteiger partial charge is 0.465 e. The van der Waals surface area contributed by atoms with E-state index in [0.29, 0.717) is 27.7 Å². The van der Waals surface area contributed by atoms with Gasteiger partial charge in [-0.25, -0.2) is 9.78 Å². The van der Waals surface area contributed by atoms with E-state index in [0.717, 1.165) is 25.7 Å². The third-order valence-corrected chi connectivity index (χ3v) is 4.69. The summed E-state index contributed by atoms with van der Waals surface area (Å²) in [7, 11) is 1.32. The summed E-state index contributed by atoms with van der Waals surface area (Å²) in [4.78, 5) is 28.3. The molecule has 136 valence electrons. The molecule has 3 rings (SSSR count). The molecule has 1 amide bonds. The van der Waals surface area contributed by atoms with E-state index >= 15 is 0 Å². The Morgan fingerprint density at radius 2 is 1.92 bits per heavy atom. The van der Waals surface area contributed by atoms with Gasteiger partial charge in [-0.3, -0.25) is 4.79 Å². The van der Waals surface area contributed by atoms with E-state index in [9.17, 15) is 9.59 Å². The first-order valence-electron chi connectivity index (χ1n) is 8.48. The molecule has 0 unspecified atom stereocenters. The van der Waals surface area contributed by atoms with E-state index in [-0.39, 0.29) is 11.9 Å². The lowest BCUT2D eigenvalue weighted by Crippen LogP contribution is -2.32. The minimum absolute atomic E-state index is 0.114. The van der Waals surface area contributed by atoms with Crippen molar-refractivity contribution < 1.29 is 14.3 Å². The smallest absolute Gasteiger partial charge is 0.337 e. The molecule has 7 heteroatoms. The first-order valence-corrected chi connectivity index (χ1v) is 8.86. The topological polar surface area (TPSA) is 80.3 Å². The number of anilines is 2. The molecule has 1 aromatic carbocycles. The summed E-state index contributed by atoms with van der Waals surface area (Å²) >= 11 is 6.19. The maximum Gasteiger partial charge on any atom is 0.337 e. The highest BCUT2D eigenvalue weighted by molar-refractivity contribution is 6.33. The van der Waals surface area contributed by atoms with Crippen molar-refractivity contribution in [1.29, 1.82) is 0 Å². The molecule has 1 aliphatic rings. The van der Waals surface area contributed by atoms with Crippen molar-refractivity contribution in [3.05, 3.63) is 52.7 Å². The van der Waals surface area contributed by atoms with Gasteiger partial charge in [-0.2, -0.15) is 0 Å². The third-order valence-electron chi connectivity index (χ3n) is 4.36. The van der Waals surface area contributed by atoms with Gasteiger partial charge in [-0.05, 0) is 43.2 Å². The molecule has 0 bridgehead atoms. The summed E-state index contributed by atoms with van der Waals surface area (Å²) in [6.07, 6.45) is 5.92. The van der Waals surface area contributed by atoms with Crippen molar-refractivity contribution in [1.82, 2.24) is 10.3 Å². The molecule has 1 fully saturated rings. The van der Waals surface area contributed by atoms with E-state index in [4.69, 9.17) is 16.3 Å². The lowest BCUT2D eigenvalue weighted by Gasteiger charge is -2.13. The average Bonchev–Trinajstić information content (AvgIpc) is 3.16. The average molecular weight is 374 g/mol. The number of halogens is 1. The number of rotatable bonds is 5. The lowest BCUT2D eigenvalue weighted by molar-refractivity contribution is 0.0600. The number of nitrogens with one attached hydrogen (secondary N) is 2. The Hall–Kier alpha value is -2.60. The Balaban J connectivity index is 1.76. The van der Waals surface area contributed by atoms with Gasteiger partial charge in [0, 0.05) is 17.8 Å². The van der Waals surface area contributed by atoms with Gasteiger partial charge < -0.3 is 15.4 Å². The molecule has 0 spiro atoms. The number of hydrogen-bond donors (Lipinski definition) is 2. The van der Waals surface area contributed by atoms with Crippen LogP contribution in [-0.4, -0.2) is 30.0 Å². The summed E-state index contributed by atoms with van der Waals surface area (Å²) < 4.78 is 4.72. The van der Waals surface area contributed by atoms with Gasteiger partial charge in [0.25, 0.3) is 5.91 Å². The van der Waals surface area contributed by atoms with Gasteiger partial charge in [0.05, 0.1) is 23.4 Å². The van der Waals surface area contributed by atoms with E-state index < -0.39 is 5.97 Å². The van der Waals surface area contributed by atoms with E-state index in [1.54, 1.807) is 36.5 Å². The standard InChI is InChI=1S/C19H20ClN3O3/c1-26-19(25)13-6-7-15(20)16(10-13)23-17-11-12(8-9-21-17)18(24)22-14-4-2-3-5-14/h6-11,14H,2-5H2,1H3,(H,21,23)(H,22,24). The van der Waals surface area contributed by atoms with Crippen LogP contribution >= 0.6 is 11.6 Å². The molecule has 1 saturated carbocycles. The van der Waals surface area contributed by atoms with Gasteiger partial charge in [0.15, 0.2) is 0 Å². The number of hydrogen-bond acceptors (Lipinski definition) is 5. The second-order valence-corrected chi connectivity index (χ2v) is 6.60. The Morgan fingerprint density at radius 1 is 1.15 bits per heavy atom. The summed E-state index contributed by atoms with van der Waals surface area (Å²) in [6.45, 7) is 0. The Labute approximate surface area is 156 Å². The van der Waals surface area contributed by atoms with Crippen LogP contribution in [0.3, 0.4) is 0 Å². The predicted octanol–water partition coefficient (Wildman–Crippen LogP) is 3.94. The molecule has 0 radical (unpaired) electrons. The number of esters is 1. The van der Waals surface area contributed by atoms with Crippen molar-refractivity contribution in [2.75, 3.05) is 12.4 Å². The van der Waals surface area contributed by atoms with Crippen molar-refractivity contribution >= 4 is 35.0 Å². The summed E-state index contributed by atoms with van der Waals surface area (Å²) in [5.74, 6) is -0.105. The molecule has 1 aliphatic carbocycles. The maximum atomic E-state index is 12.4. The zero-order valence-electron chi connectivity index (χ0n) is 14.4. The van der Waals surface area contributed by atoms with Crippen molar-refractivity contribution in [3.8, 4) is 0 Å². The van der Waals surface area contributed by atoms with Crippen LogP contribution in [0.4, 0.5) is 11.5 Å². The first-order chi connectivity index (χ1) is 12.6. The zero-order valence-corrected chi connectivity index (χ0v) is 15.2. The van der Waals surface area contributed by atoms with E-state index in [2.05, 4.69) is 15.6 Å². The van der Waals surface area contributed by atoms with Crippen LogP contribution in [-0.2, 0) is 4.74 Å². The van der Waals surface area contributed by atoms with E-state index in [1.807, 2.05) is 0 Å². The van der Waals surface area contributed by atoms with Crippen molar-refractivity contribution in [2.24, 2.45) is 0 Å². The lowest BCUT2D eigenvalue weighted by atomic mass is 10.2. The zero-order chi connectivity index (χ0) is 18.5. The molecule has 0 atom stereocenters. The van der Waals surface area contributed by atoms with Crippen LogP contribution in [0.1, 0.15) is 46.4 Å². The Bertz CT molecular complexity index is 819. The van der Waals surface area contributed by atoms with Crippen LogP contribution in [0.2, 0.25) is 5.02 Å². The van der Waals surface area contributed by atoms with E-state index in [1.165, 1.54) is 7.11 Å². The van der Waals surface area contributed by atoms with Crippen LogP contribution in [0.5, 0.6) is 0 Å². The minimum atomic E-state index is -0.456. The van der Waals surface area contributed by atoms with Crippen LogP contribution < -0.4 is 10.6 Å². The normalized spacial score (nSPS) is 14.1. The van der Waals surface area contributed by atoms with Crippen LogP contribution in [0.25, 0.3) is 0 Å². The molecular weight excluding hydrogens is 354 g/mol. The van der Waals surface area contributed by atoms with Crippen molar-refractivity contribution in [3.63, 3.8) is 0 Å². The summed E-state index contributed by atoms with van der Waals surface area (Å²) in [5, 5.41) is 6.53. The second kappa shape index (κ2) is 8.19. The SMILES string of the molecule is COC(=O)c1ccc(Cl)c(Nc2cc(C(=O)NC3CCCC3)ccn2)c1. The Kier molecular flexibility index (Phi) is 5.73. The molecule has 2 N–H and O–H groups in total. The molecule has 1 heterocycles. The third kappa shape index (κ3) is 4.32. The number of nitrogens with zero attached hydrogens (tertiary/aromatic N) is 1. The molecule has 0 saturated heterocycles.